The molecule has 1 heterocycles. The molecule has 8 heteroatoms. The standard InChI is InChI=1S/C22H22N2O4S2/c1-2-13-24-19-11-10-17(15-21(19)29-22(24)25)30(26,27)23-12-14-28-20-9-5-7-16-6-3-4-8-18(16)20/h3-11,15,23H,2,12-14H2,1H3. The normalized spacial score (nSPS) is 11.9. The molecule has 0 bridgehead atoms. The first-order valence-corrected chi connectivity index (χ1v) is 12.0. The van der Waals surface area contributed by atoms with Gasteiger partial charge in [0, 0.05) is 18.5 Å². The molecule has 0 aliphatic rings. The largest absolute Gasteiger partial charge is 0.492 e. The maximum Gasteiger partial charge on any atom is 0.308 e. The minimum atomic E-state index is -3.70. The van der Waals surface area contributed by atoms with E-state index in [1.807, 2.05) is 49.4 Å². The summed E-state index contributed by atoms with van der Waals surface area (Å²) >= 11 is 1.07. The van der Waals surface area contributed by atoms with Crippen molar-refractivity contribution in [2.45, 2.75) is 24.8 Å². The van der Waals surface area contributed by atoms with Gasteiger partial charge >= 0.3 is 4.87 Å². The highest BCUT2D eigenvalue weighted by Gasteiger charge is 2.16. The van der Waals surface area contributed by atoms with Gasteiger partial charge in [-0.25, -0.2) is 13.1 Å². The number of rotatable bonds is 8. The predicted molar refractivity (Wildman–Crippen MR) is 121 cm³/mol. The van der Waals surface area contributed by atoms with Gasteiger partial charge in [-0.2, -0.15) is 0 Å². The van der Waals surface area contributed by atoms with Crippen LogP contribution in [0.15, 0.2) is 70.4 Å². The summed E-state index contributed by atoms with van der Waals surface area (Å²) in [5.41, 5.74) is 0.769. The molecule has 0 fully saturated rings. The Labute approximate surface area is 178 Å². The van der Waals surface area contributed by atoms with Crippen molar-refractivity contribution in [3.05, 3.63) is 70.3 Å². The predicted octanol–water partition coefficient (Wildman–Crippen LogP) is 3.98. The van der Waals surface area contributed by atoms with Crippen LogP contribution in [0.2, 0.25) is 0 Å². The minimum absolute atomic E-state index is 0.0714. The minimum Gasteiger partial charge on any atom is -0.492 e. The quantitative estimate of drug-likeness (QED) is 0.419. The maximum absolute atomic E-state index is 12.7. The molecule has 156 valence electrons. The van der Waals surface area contributed by atoms with Gasteiger partial charge in [0.25, 0.3) is 0 Å². The van der Waals surface area contributed by atoms with Crippen LogP contribution < -0.4 is 14.3 Å². The summed E-state index contributed by atoms with van der Waals surface area (Å²) < 4.78 is 36.1. The molecule has 0 saturated carbocycles. The number of aryl methyl sites for hydroxylation is 1. The number of hydrogen-bond acceptors (Lipinski definition) is 5. The van der Waals surface area contributed by atoms with E-state index in [0.29, 0.717) is 11.2 Å². The molecule has 0 atom stereocenters. The number of nitrogens with zero attached hydrogens (tertiary/aromatic N) is 1. The second-order valence-electron chi connectivity index (χ2n) is 6.87. The molecule has 0 unspecified atom stereocenters. The number of thiazole rings is 1. The van der Waals surface area contributed by atoms with Crippen LogP contribution in [0.1, 0.15) is 13.3 Å². The zero-order valence-electron chi connectivity index (χ0n) is 16.5. The first-order chi connectivity index (χ1) is 14.5. The first kappa shape index (κ1) is 20.6. The van der Waals surface area contributed by atoms with Crippen molar-refractivity contribution < 1.29 is 13.2 Å². The molecule has 30 heavy (non-hydrogen) atoms. The van der Waals surface area contributed by atoms with Gasteiger partial charge in [0.1, 0.15) is 12.4 Å². The van der Waals surface area contributed by atoms with Gasteiger partial charge < -0.3 is 4.74 Å². The third-order valence-electron chi connectivity index (χ3n) is 4.80. The Morgan fingerprint density at radius 2 is 1.87 bits per heavy atom. The molecular weight excluding hydrogens is 420 g/mol. The molecule has 3 aromatic carbocycles. The van der Waals surface area contributed by atoms with Crippen LogP contribution in [0, 0.1) is 0 Å². The Balaban J connectivity index is 1.45. The highest BCUT2D eigenvalue weighted by Crippen LogP contribution is 2.25. The Kier molecular flexibility index (Phi) is 5.90. The van der Waals surface area contributed by atoms with Gasteiger partial charge in [-0.3, -0.25) is 9.36 Å². The zero-order valence-corrected chi connectivity index (χ0v) is 18.1. The third-order valence-corrected chi connectivity index (χ3v) is 7.20. The number of benzene rings is 3. The molecular formula is C22H22N2O4S2. The molecule has 4 rings (SSSR count). The van der Waals surface area contributed by atoms with Crippen LogP contribution in [0.4, 0.5) is 0 Å². The van der Waals surface area contributed by atoms with E-state index < -0.39 is 10.0 Å². The van der Waals surface area contributed by atoms with Gasteiger partial charge in [-0.05, 0) is 36.1 Å². The van der Waals surface area contributed by atoms with E-state index in [1.54, 1.807) is 16.7 Å². The van der Waals surface area contributed by atoms with Crippen molar-refractivity contribution in [2.75, 3.05) is 13.2 Å². The number of sulfonamides is 1. The van der Waals surface area contributed by atoms with Gasteiger partial charge in [-0.15, -0.1) is 0 Å². The van der Waals surface area contributed by atoms with Gasteiger partial charge in [0.05, 0.1) is 15.1 Å². The van der Waals surface area contributed by atoms with Crippen LogP contribution >= 0.6 is 11.3 Å². The van der Waals surface area contributed by atoms with E-state index in [-0.39, 0.29) is 22.9 Å². The van der Waals surface area contributed by atoms with Crippen LogP contribution in [0.25, 0.3) is 21.0 Å². The average molecular weight is 443 g/mol. The van der Waals surface area contributed by atoms with Crippen molar-refractivity contribution in [2.24, 2.45) is 0 Å². The molecule has 1 N–H and O–H groups in total. The molecule has 0 spiro atoms. The van der Waals surface area contributed by atoms with E-state index in [9.17, 15) is 13.2 Å². The molecule has 0 radical (unpaired) electrons. The SMILES string of the molecule is CCCn1c(=O)sc2cc(S(=O)(=O)NCCOc3cccc4ccccc34)ccc21. The summed E-state index contributed by atoms with van der Waals surface area (Å²) in [6.45, 7) is 2.96. The van der Waals surface area contributed by atoms with E-state index >= 15 is 0 Å². The molecule has 1 aromatic heterocycles. The summed E-state index contributed by atoms with van der Waals surface area (Å²) in [6, 6.07) is 18.5. The monoisotopic (exact) mass is 442 g/mol. The summed E-state index contributed by atoms with van der Waals surface area (Å²) in [6.07, 6.45) is 0.837. The second kappa shape index (κ2) is 8.59. The fourth-order valence-corrected chi connectivity index (χ4v) is 5.46. The van der Waals surface area contributed by atoms with Gasteiger partial charge in [0.15, 0.2) is 0 Å². The topological polar surface area (TPSA) is 77.4 Å². The van der Waals surface area contributed by atoms with Crippen LogP contribution in [0.3, 0.4) is 0 Å². The van der Waals surface area contributed by atoms with Crippen molar-refractivity contribution in [1.82, 2.24) is 9.29 Å². The Bertz CT molecular complexity index is 1350. The number of ether oxygens (including phenoxy) is 1. The summed E-state index contributed by atoms with van der Waals surface area (Å²) in [5, 5.41) is 2.05. The summed E-state index contributed by atoms with van der Waals surface area (Å²) in [5.74, 6) is 0.718. The second-order valence-corrected chi connectivity index (χ2v) is 9.63. The summed E-state index contributed by atoms with van der Waals surface area (Å²) in [4.78, 5) is 12.2. The lowest BCUT2D eigenvalue weighted by molar-refractivity contribution is 0.326. The highest BCUT2D eigenvalue weighted by atomic mass is 32.2. The van der Waals surface area contributed by atoms with Crippen LogP contribution in [-0.4, -0.2) is 26.1 Å². The van der Waals surface area contributed by atoms with Crippen molar-refractivity contribution >= 4 is 42.3 Å². The smallest absolute Gasteiger partial charge is 0.308 e. The Morgan fingerprint density at radius 3 is 2.70 bits per heavy atom. The van der Waals surface area contributed by atoms with E-state index in [4.69, 9.17) is 4.74 Å². The molecule has 0 saturated heterocycles. The fourth-order valence-electron chi connectivity index (χ4n) is 3.39. The fraction of sp³-hybridized carbons (Fsp3) is 0.227. The molecule has 6 nitrogen and oxygen atoms in total. The molecule has 0 amide bonds. The zero-order chi connectivity index (χ0) is 21.1. The number of fused-ring (bicyclic) bond motifs is 2. The Hall–Kier alpha value is -2.68. The lowest BCUT2D eigenvalue weighted by atomic mass is 10.1. The van der Waals surface area contributed by atoms with E-state index in [2.05, 4.69) is 4.72 Å². The van der Waals surface area contributed by atoms with Gasteiger partial charge in [-0.1, -0.05) is 54.7 Å². The highest BCUT2D eigenvalue weighted by molar-refractivity contribution is 7.89. The lowest BCUT2D eigenvalue weighted by Gasteiger charge is -2.11. The number of aromatic nitrogens is 1. The Morgan fingerprint density at radius 1 is 1.07 bits per heavy atom. The van der Waals surface area contributed by atoms with Crippen LogP contribution in [-0.2, 0) is 16.6 Å². The van der Waals surface area contributed by atoms with E-state index in [1.165, 1.54) is 6.07 Å². The van der Waals surface area contributed by atoms with Crippen molar-refractivity contribution in [3.8, 4) is 5.75 Å². The third kappa shape index (κ3) is 4.12. The molecule has 0 aliphatic carbocycles. The molecule has 4 aromatic rings. The van der Waals surface area contributed by atoms with Crippen LogP contribution in [0.5, 0.6) is 5.75 Å². The molecule has 0 aliphatic heterocycles. The van der Waals surface area contributed by atoms with Crippen molar-refractivity contribution in [3.63, 3.8) is 0 Å². The first-order valence-electron chi connectivity index (χ1n) is 9.73. The number of hydrogen-bond donors (Lipinski definition) is 1. The lowest BCUT2D eigenvalue weighted by Crippen LogP contribution is -2.28. The van der Waals surface area contributed by atoms with Gasteiger partial charge in [0.2, 0.25) is 10.0 Å². The van der Waals surface area contributed by atoms with Crippen molar-refractivity contribution in [1.29, 1.82) is 0 Å². The maximum atomic E-state index is 12.7. The van der Waals surface area contributed by atoms with E-state index in [0.717, 1.165) is 39.8 Å². The average Bonchev–Trinajstić information content (AvgIpc) is 3.06. The summed E-state index contributed by atoms with van der Waals surface area (Å²) in [7, 11) is -3.70. The number of nitrogens with one attached hydrogen (secondary N) is 1.